The van der Waals surface area contributed by atoms with Gasteiger partial charge < -0.3 is 0 Å². The quantitative estimate of drug-likeness (QED) is 0.403. The molecule has 0 amide bonds. The van der Waals surface area contributed by atoms with Crippen molar-refractivity contribution >= 4 is 10.8 Å². The Labute approximate surface area is 149 Å². The van der Waals surface area contributed by atoms with E-state index in [0.717, 1.165) is 34.9 Å². The van der Waals surface area contributed by atoms with Crippen LogP contribution in [0.5, 0.6) is 0 Å². The predicted octanol–water partition coefficient (Wildman–Crippen LogP) is 6.06. The van der Waals surface area contributed by atoms with Gasteiger partial charge in [-0.3, -0.25) is 0 Å². The normalized spacial score (nSPS) is 10.3. The van der Waals surface area contributed by atoms with Crippen molar-refractivity contribution in [1.29, 1.82) is 0 Å². The number of rotatable bonds is 4. The zero-order chi connectivity index (χ0) is 17.6. The van der Waals surface area contributed by atoms with E-state index >= 15 is 0 Å². The summed E-state index contributed by atoms with van der Waals surface area (Å²) in [5, 5.41) is 1.55. The molecule has 0 aromatic heterocycles. The third kappa shape index (κ3) is 3.98. The molecule has 0 unspecified atom stereocenters. The lowest BCUT2D eigenvalue weighted by Crippen LogP contribution is -1.89. The van der Waals surface area contributed by atoms with Gasteiger partial charge in [-0.2, -0.15) is 0 Å². The standard InChI is InChI=1S/C24H21F/c1-3-5-6-18-7-9-19(10-8-18)11-12-20-13-16-23-22(17-20)15-14-21(4-2)24(23)25/h3,7-10,13-17H,1,4-6H2,2H3. The van der Waals surface area contributed by atoms with Gasteiger partial charge in [-0.1, -0.05) is 55.2 Å². The smallest absolute Gasteiger partial charge is 0.134 e. The first-order valence-corrected chi connectivity index (χ1v) is 8.64. The molecule has 0 fully saturated rings. The summed E-state index contributed by atoms with van der Waals surface area (Å²) in [6, 6.07) is 17.8. The number of aryl methyl sites for hydroxylation is 2. The Balaban J connectivity index is 1.84. The molecule has 0 aliphatic carbocycles. The van der Waals surface area contributed by atoms with Crippen molar-refractivity contribution in [1.82, 2.24) is 0 Å². The van der Waals surface area contributed by atoms with Gasteiger partial charge in [0.1, 0.15) is 5.82 Å². The molecule has 25 heavy (non-hydrogen) atoms. The third-order valence-electron chi connectivity index (χ3n) is 4.36. The summed E-state index contributed by atoms with van der Waals surface area (Å²) in [6.45, 7) is 5.71. The largest absolute Gasteiger partial charge is 0.206 e. The minimum absolute atomic E-state index is 0.116. The van der Waals surface area contributed by atoms with Crippen molar-refractivity contribution in [2.75, 3.05) is 0 Å². The zero-order valence-electron chi connectivity index (χ0n) is 14.5. The highest BCUT2D eigenvalue weighted by Crippen LogP contribution is 2.22. The lowest BCUT2D eigenvalue weighted by molar-refractivity contribution is 0.624. The van der Waals surface area contributed by atoms with Crippen LogP contribution in [-0.4, -0.2) is 0 Å². The van der Waals surface area contributed by atoms with Crippen LogP contribution in [0.4, 0.5) is 4.39 Å². The highest BCUT2D eigenvalue weighted by atomic mass is 19.1. The zero-order valence-corrected chi connectivity index (χ0v) is 14.5. The first kappa shape index (κ1) is 17.0. The molecule has 0 saturated heterocycles. The second kappa shape index (κ2) is 7.81. The number of benzene rings is 3. The molecule has 3 aromatic carbocycles. The summed E-state index contributed by atoms with van der Waals surface area (Å²) in [5.41, 5.74) is 3.92. The van der Waals surface area contributed by atoms with Crippen molar-refractivity contribution in [3.63, 3.8) is 0 Å². The lowest BCUT2D eigenvalue weighted by atomic mass is 10.0. The number of halogens is 1. The molecule has 0 aliphatic rings. The minimum Gasteiger partial charge on any atom is -0.206 e. The Morgan fingerprint density at radius 1 is 0.960 bits per heavy atom. The second-order valence-electron chi connectivity index (χ2n) is 6.10. The summed E-state index contributed by atoms with van der Waals surface area (Å²) in [5.74, 6) is 6.24. The molecule has 0 nitrogen and oxygen atoms in total. The lowest BCUT2D eigenvalue weighted by Gasteiger charge is -2.05. The maximum absolute atomic E-state index is 14.3. The van der Waals surface area contributed by atoms with Crippen LogP contribution in [0.15, 0.2) is 67.3 Å². The van der Waals surface area contributed by atoms with Gasteiger partial charge in [-0.25, -0.2) is 4.39 Å². The van der Waals surface area contributed by atoms with Gasteiger partial charge in [0, 0.05) is 16.5 Å². The monoisotopic (exact) mass is 328 g/mol. The predicted molar refractivity (Wildman–Crippen MR) is 104 cm³/mol. The summed E-state index contributed by atoms with van der Waals surface area (Å²) in [4.78, 5) is 0. The van der Waals surface area contributed by atoms with Crippen LogP contribution in [0.1, 0.15) is 35.6 Å². The van der Waals surface area contributed by atoms with Crippen LogP contribution < -0.4 is 0 Å². The topological polar surface area (TPSA) is 0 Å². The summed E-state index contributed by atoms with van der Waals surface area (Å²) >= 11 is 0. The van der Waals surface area contributed by atoms with Gasteiger partial charge in [0.15, 0.2) is 0 Å². The van der Waals surface area contributed by atoms with Crippen molar-refractivity contribution in [3.05, 3.63) is 95.3 Å². The van der Waals surface area contributed by atoms with E-state index in [9.17, 15) is 4.39 Å². The molecular formula is C24H21F. The van der Waals surface area contributed by atoms with Gasteiger partial charge in [-0.15, -0.1) is 6.58 Å². The van der Waals surface area contributed by atoms with Crippen molar-refractivity contribution in [2.24, 2.45) is 0 Å². The van der Waals surface area contributed by atoms with Gasteiger partial charge in [-0.05, 0) is 60.0 Å². The molecule has 3 aromatic rings. The second-order valence-corrected chi connectivity index (χ2v) is 6.10. The van der Waals surface area contributed by atoms with Crippen molar-refractivity contribution < 1.29 is 4.39 Å². The van der Waals surface area contributed by atoms with E-state index in [1.165, 1.54) is 5.56 Å². The third-order valence-corrected chi connectivity index (χ3v) is 4.36. The number of allylic oxidation sites excluding steroid dienone is 1. The van der Waals surface area contributed by atoms with Crippen LogP contribution in [-0.2, 0) is 12.8 Å². The molecule has 0 aliphatic heterocycles. The van der Waals surface area contributed by atoms with Crippen LogP contribution in [0, 0.1) is 17.7 Å². The van der Waals surface area contributed by atoms with E-state index in [0.29, 0.717) is 11.8 Å². The molecule has 0 heterocycles. The first-order chi connectivity index (χ1) is 12.2. The van der Waals surface area contributed by atoms with Gasteiger partial charge in [0.05, 0.1) is 0 Å². The maximum atomic E-state index is 14.3. The van der Waals surface area contributed by atoms with E-state index in [1.807, 2.05) is 55.5 Å². The van der Waals surface area contributed by atoms with Crippen LogP contribution in [0.2, 0.25) is 0 Å². The fourth-order valence-corrected chi connectivity index (χ4v) is 2.86. The Morgan fingerprint density at radius 3 is 2.40 bits per heavy atom. The van der Waals surface area contributed by atoms with E-state index in [4.69, 9.17) is 0 Å². The van der Waals surface area contributed by atoms with Gasteiger partial charge in [0.25, 0.3) is 0 Å². The summed E-state index contributed by atoms with van der Waals surface area (Å²) in [7, 11) is 0. The van der Waals surface area contributed by atoms with Gasteiger partial charge >= 0.3 is 0 Å². The average Bonchev–Trinajstić information content (AvgIpc) is 2.66. The molecule has 0 atom stereocenters. The molecular weight excluding hydrogens is 307 g/mol. The Kier molecular flexibility index (Phi) is 5.31. The van der Waals surface area contributed by atoms with E-state index in [1.54, 1.807) is 0 Å². The number of fused-ring (bicyclic) bond motifs is 1. The van der Waals surface area contributed by atoms with Crippen molar-refractivity contribution in [3.8, 4) is 11.8 Å². The molecule has 0 N–H and O–H groups in total. The summed E-state index contributed by atoms with van der Waals surface area (Å²) < 4.78 is 14.3. The number of hydrogen-bond acceptors (Lipinski definition) is 0. The van der Waals surface area contributed by atoms with E-state index < -0.39 is 0 Å². The van der Waals surface area contributed by atoms with Crippen LogP contribution in [0.25, 0.3) is 10.8 Å². The highest BCUT2D eigenvalue weighted by molar-refractivity contribution is 5.85. The number of hydrogen-bond donors (Lipinski definition) is 0. The fourth-order valence-electron chi connectivity index (χ4n) is 2.86. The minimum atomic E-state index is -0.116. The van der Waals surface area contributed by atoms with E-state index in [2.05, 4.69) is 30.6 Å². The SMILES string of the molecule is C=CCCc1ccc(C#Cc2ccc3c(F)c(CC)ccc3c2)cc1. The molecule has 124 valence electrons. The van der Waals surface area contributed by atoms with Gasteiger partial charge in [0.2, 0.25) is 0 Å². The molecule has 0 bridgehead atoms. The average molecular weight is 328 g/mol. The summed E-state index contributed by atoms with van der Waals surface area (Å²) in [6.07, 6.45) is 4.62. The fraction of sp³-hybridized carbons (Fsp3) is 0.167. The molecule has 0 saturated carbocycles. The van der Waals surface area contributed by atoms with Crippen LogP contribution in [0.3, 0.4) is 0 Å². The van der Waals surface area contributed by atoms with Crippen molar-refractivity contribution in [2.45, 2.75) is 26.2 Å². The molecule has 0 radical (unpaired) electrons. The Bertz CT molecular complexity index is 953. The molecule has 3 rings (SSSR count). The molecule has 1 heteroatoms. The van der Waals surface area contributed by atoms with E-state index in [-0.39, 0.29) is 5.82 Å². The Morgan fingerprint density at radius 2 is 1.68 bits per heavy atom. The van der Waals surface area contributed by atoms with Crippen LogP contribution >= 0.6 is 0 Å². The molecule has 0 spiro atoms. The highest BCUT2D eigenvalue weighted by Gasteiger charge is 2.05. The first-order valence-electron chi connectivity index (χ1n) is 8.64. The Hall–Kier alpha value is -2.85. The maximum Gasteiger partial charge on any atom is 0.134 e.